The minimum atomic E-state index is -0.227. The van der Waals surface area contributed by atoms with Gasteiger partial charge < -0.3 is 0 Å². The molecule has 8 heteroatoms. The molecule has 0 aliphatic heterocycles. The van der Waals surface area contributed by atoms with Gasteiger partial charge in [0.15, 0.2) is 0 Å². The second-order valence-corrected chi connectivity index (χ2v) is 10.8. The highest BCUT2D eigenvalue weighted by atomic mass is 32.2. The van der Waals surface area contributed by atoms with Crippen molar-refractivity contribution in [1.82, 2.24) is 15.0 Å². The minimum absolute atomic E-state index is 0.130. The van der Waals surface area contributed by atoms with E-state index in [4.69, 9.17) is 4.98 Å². The third-order valence-electron chi connectivity index (χ3n) is 5.79. The Kier molecular flexibility index (Phi) is 6.58. The maximum absolute atomic E-state index is 12.5. The number of aromatic nitrogens is 3. The lowest BCUT2D eigenvalue weighted by molar-refractivity contribution is -0.113. The molecule has 3 aromatic heterocycles. The third-order valence-corrected chi connectivity index (χ3v) is 7.66. The first kappa shape index (κ1) is 22.4. The molecule has 4 rings (SSSR count). The Bertz CT molecular complexity index is 1150. The summed E-state index contributed by atoms with van der Waals surface area (Å²) in [4.78, 5) is 26.5. The molecule has 3 heterocycles. The summed E-state index contributed by atoms with van der Waals surface area (Å²) in [5.41, 5.74) is 4.01. The van der Waals surface area contributed by atoms with Crippen LogP contribution in [-0.4, -0.2) is 26.6 Å². The molecule has 1 amide bonds. The summed E-state index contributed by atoms with van der Waals surface area (Å²) < 4.78 is 0. The largest absolute Gasteiger partial charge is 0.294 e. The van der Waals surface area contributed by atoms with Gasteiger partial charge >= 0.3 is 0 Å². The fraction of sp³-hybridized carbons (Fsp3) is 0.375. The fourth-order valence-corrected chi connectivity index (χ4v) is 5.65. The van der Waals surface area contributed by atoms with E-state index in [1.54, 1.807) is 29.8 Å². The predicted molar refractivity (Wildman–Crippen MR) is 129 cm³/mol. The third kappa shape index (κ3) is 4.84. The van der Waals surface area contributed by atoms with Gasteiger partial charge in [-0.05, 0) is 53.7 Å². The zero-order valence-electron chi connectivity index (χ0n) is 18.4. The quantitative estimate of drug-likeness (QED) is 0.513. The van der Waals surface area contributed by atoms with Crippen molar-refractivity contribution < 1.29 is 4.79 Å². The molecular formula is C24H25N5OS2. The number of thioether (sulfide) groups is 1. The summed E-state index contributed by atoms with van der Waals surface area (Å²) in [6.07, 6.45) is 6.05. The van der Waals surface area contributed by atoms with Crippen LogP contribution >= 0.6 is 23.1 Å². The van der Waals surface area contributed by atoms with Gasteiger partial charge in [0.2, 0.25) is 11.9 Å². The summed E-state index contributed by atoms with van der Waals surface area (Å²) in [5, 5.41) is 15.4. The monoisotopic (exact) mass is 463 g/mol. The molecule has 32 heavy (non-hydrogen) atoms. The number of thiophene rings is 1. The average molecular weight is 464 g/mol. The summed E-state index contributed by atoms with van der Waals surface area (Å²) in [6.45, 7) is 6.83. The predicted octanol–water partition coefficient (Wildman–Crippen LogP) is 5.35. The second kappa shape index (κ2) is 9.39. The number of nitrogens with zero attached hydrogens (tertiary/aromatic N) is 4. The molecule has 164 valence electrons. The molecule has 0 spiro atoms. The van der Waals surface area contributed by atoms with Crippen LogP contribution in [0.25, 0.3) is 10.4 Å². The smallest absolute Gasteiger partial charge is 0.237 e. The first-order valence-corrected chi connectivity index (χ1v) is 12.4. The van der Waals surface area contributed by atoms with E-state index in [2.05, 4.69) is 48.2 Å². The molecule has 6 nitrogen and oxygen atoms in total. The lowest BCUT2D eigenvalue weighted by Gasteiger charge is -2.35. The van der Waals surface area contributed by atoms with Gasteiger partial charge in [-0.25, -0.2) is 15.0 Å². The Hall–Kier alpha value is -2.76. The van der Waals surface area contributed by atoms with Crippen LogP contribution < -0.4 is 5.32 Å². The van der Waals surface area contributed by atoms with E-state index in [-0.39, 0.29) is 23.0 Å². The molecule has 0 aromatic carbocycles. The number of hydrogen-bond acceptors (Lipinski definition) is 7. The zero-order chi connectivity index (χ0) is 22.7. The Morgan fingerprint density at radius 3 is 2.75 bits per heavy atom. The van der Waals surface area contributed by atoms with Crippen LogP contribution in [0.5, 0.6) is 0 Å². The van der Waals surface area contributed by atoms with E-state index in [0.29, 0.717) is 16.5 Å². The highest BCUT2D eigenvalue weighted by Gasteiger charge is 2.32. The van der Waals surface area contributed by atoms with Crippen LogP contribution in [0, 0.1) is 22.7 Å². The van der Waals surface area contributed by atoms with Crippen molar-refractivity contribution in [1.29, 1.82) is 5.26 Å². The van der Waals surface area contributed by atoms with E-state index < -0.39 is 0 Å². The number of nitrogens with one attached hydrogen (secondary N) is 1. The van der Waals surface area contributed by atoms with Crippen molar-refractivity contribution in [2.75, 3.05) is 11.1 Å². The van der Waals surface area contributed by atoms with E-state index in [9.17, 15) is 10.1 Å². The number of rotatable bonds is 5. The minimum Gasteiger partial charge on any atom is -0.294 e. The lowest BCUT2D eigenvalue weighted by atomic mass is 9.71. The Morgan fingerprint density at radius 2 is 2.09 bits per heavy atom. The number of anilines is 1. The van der Waals surface area contributed by atoms with E-state index in [0.717, 1.165) is 35.4 Å². The second-order valence-electron chi connectivity index (χ2n) is 8.90. The van der Waals surface area contributed by atoms with Gasteiger partial charge in [0, 0.05) is 28.5 Å². The first-order valence-electron chi connectivity index (χ1n) is 10.6. The number of amides is 1. The first-order chi connectivity index (χ1) is 15.4. The van der Waals surface area contributed by atoms with Crippen molar-refractivity contribution >= 4 is 35.0 Å². The number of carbonyl (C=O) groups is 1. The van der Waals surface area contributed by atoms with E-state index in [1.165, 1.54) is 17.3 Å². The van der Waals surface area contributed by atoms with Crippen molar-refractivity contribution in [3.63, 3.8) is 0 Å². The van der Waals surface area contributed by atoms with Crippen LogP contribution in [0.15, 0.2) is 41.0 Å². The molecular weight excluding hydrogens is 438 g/mol. The molecule has 0 saturated carbocycles. The standard InChI is InChI=1S/C24H25N5OS2/c1-24(2,3)15-7-8-16-18(12-15)28-22(17(13-25)21(16)19-6-4-11-31-19)32-14-20(30)29-23-26-9-5-10-27-23/h4-6,9-11,15H,7-8,12,14H2,1-3H3,(H,26,27,29,30)/t15-/m1/s1. The topological polar surface area (TPSA) is 91.6 Å². The summed E-state index contributed by atoms with van der Waals surface area (Å²) in [5.74, 6) is 0.702. The van der Waals surface area contributed by atoms with Crippen molar-refractivity contribution in [2.24, 2.45) is 11.3 Å². The Morgan fingerprint density at radius 1 is 1.31 bits per heavy atom. The Labute approximate surface area is 196 Å². The van der Waals surface area contributed by atoms with Gasteiger partial charge in [0.05, 0.1) is 11.3 Å². The van der Waals surface area contributed by atoms with E-state index >= 15 is 0 Å². The molecule has 0 unspecified atom stereocenters. The van der Waals surface area contributed by atoms with E-state index in [1.807, 2.05) is 11.4 Å². The van der Waals surface area contributed by atoms with Gasteiger partial charge in [0.25, 0.3) is 0 Å². The molecule has 1 aliphatic rings. The summed E-state index contributed by atoms with van der Waals surface area (Å²) in [7, 11) is 0. The SMILES string of the molecule is CC(C)(C)[C@@H]1CCc2c(nc(SCC(=O)Nc3ncccn3)c(C#N)c2-c2cccs2)C1. The van der Waals surface area contributed by atoms with Gasteiger partial charge in [-0.15, -0.1) is 11.3 Å². The lowest BCUT2D eigenvalue weighted by Crippen LogP contribution is -2.28. The average Bonchev–Trinajstić information content (AvgIpc) is 3.30. The molecule has 1 atom stereocenters. The molecule has 0 fully saturated rings. The van der Waals surface area contributed by atoms with Crippen molar-refractivity contribution in [2.45, 2.75) is 45.1 Å². The summed E-state index contributed by atoms with van der Waals surface area (Å²) in [6, 6.07) is 8.15. The normalized spacial score (nSPS) is 15.6. The zero-order valence-corrected chi connectivity index (χ0v) is 20.0. The van der Waals surface area contributed by atoms with Gasteiger partial charge in [-0.3, -0.25) is 10.1 Å². The van der Waals surface area contributed by atoms with Crippen molar-refractivity contribution in [3.8, 4) is 16.5 Å². The van der Waals surface area contributed by atoms with Crippen molar-refractivity contribution in [3.05, 3.63) is 52.8 Å². The Balaban J connectivity index is 1.67. The van der Waals surface area contributed by atoms with Crippen LogP contribution in [0.2, 0.25) is 0 Å². The van der Waals surface area contributed by atoms with Crippen LogP contribution in [-0.2, 0) is 17.6 Å². The van der Waals surface area contributed by atoms with Crippen LogP contribution in [0.4, 0.5) is 5.95 Å². The number of fused-ring (bicyclic) bond motifs is 1. The molecule has 3 aromatic rings. The number of carbonyl (C=O) groups excluding carboxylic acids is 1. The van der Waals surface area contributed by atoms with Gasteiger partial charge in [0.1, 0.15) is 11.1 Å². The number of nitriles is 1. The molecule has 0 radical (unpaired) electrons. The maximum atomic E-state index is 12.5. The van der Waals surface area contributed by atoms with Gasteiger partial charge in [-0.1, -0.05) is 38.6 Å². The molecule has 1 N–H and O–H groups in total. The molecule has 0 bridgehead atoms. The maximum Gasteiger partial charge on any atom is 0.237 e. The molecule has 1 aliphatic carbocycles. The highest BCUT2D eigenvalue weighted by Crippen LogP contribution is 2.43. The summed E-state index contributed by atoms with van der Waals surface area (Å²) >= 11 is 2.93. The highest BCUT2D eigenvalue weighted by molar-refractivity contribution is 8.00. The fourth-order valence-electron chi connectivity index (χ4n) is 4.04. The number of hydrogen-bond donors (Lipinski definition) is 1. The van der Waals surface area contributed by atoms with Crippen LogP contribution in [0.3, 0.4) is 0 Å². The number of pyridine rings is 1. The van der Waals surface area contributed by atoms with Gasteiger partial charge in [-0.2, -0.15) is 5.26 Å². The molecule has 0 saturated heterocycles. The van der Waals surface area contributed by atoms with Crippen LogP contribution in [0.1, 0.15) is 44.0 Å².